The molecule has 0 saturated heterocycles. The zero-order valence-electron chi connectivity index (χ0n) is 21.0. The molecule has 26 heavy (non-hydrogen) atoms. The third-order valence-electron chi connectivity index (χ3n) is 3.90. The molecule has 0 aromatic heterocycles. The Morgan fingerprint density at radius 1 is 1.04 bits per heavy atom. The Morgan fingerprint density at radius 2 is 1.77 bits per heavy atom. The zero-order valence-corrected chi connectivity index (χ0v) is 14.0. The monoisotopic (exact) mass is 364 g/mol. The van der Waals surface area contributed by atoms with Crippen molar-refractivity contribution >= 4 is 10.8 Å². The normalized spacial score (nSPS) is 19.9. The van der Waals surface area contributed by atoms with E-state index in [1.165, 1.54) is 6.92 Å². The van der Waals surface area contributed by atoms with Crippen LogP contribution in [0.3, 0.4) is 0 Å². The van der Waals surface area contributed by atoms with E-state index >= 15 is 0 Å². The molecule has 0 aliphatic heterocycles. The molecular weight excluding hydrogens is 335 g/mol. The smallest absolute Gasteiger partial charge is 0.310 e. The van der Waals surface area contributed by atoms with E-state index in [9.17, 15) is 13.2 Å². The largest absolute Gasteiger partial charge is 0.416 e. The number of hydrogen-bond acceptors (Lipinski definition) is 1. The van der Waals surface area contributed by atoms with Gasteiger partial charge in [0.2, 0.25) is 0 Å². The summed E-state index contributed by atoms with van der Waals surface area (Å²) in [6.45, 7) is -1.85. The fraction of sp³-hybridized carbons (Fsp3) is 0.273. The van der Waals surface area contributed by atoms with Gasteiger partial charge in [-0.2, -0.15) is 13.2 Å². The highest BCUT2D eigenvalue weighted by Gasteiger charge is 2.30. The highest BCUT2D eigenvalue weighted by atomic mass is 19.4. The minimum atomic E-state index is -4.77. The number of rotatable bonds is 6. The zero-order chi connectivity index (χ0) is 24.9. The van der Waals surface area contributed by atoms with Crippen LogP contribution in [0.2, 0.25) is 0 Å². The van der Waals surface area contributed by atoms with Crippen molar-refractivity contribution in [1.29, 1.82) is 0 Å². The molecule has 0 heterocycles. The summed E-state index contributed by atoms with van der Waals surface area (Å²) in [6.07, 6.45) is -11.3. The van der Waals surface area contributed by atoms with Crippen LogP contribution in [-0.4, -0.2) is 6.50 Å². The van der Waals surface area contributed by atoms with E-state index in [2.05, 4.69) is 5.32 Å². The lowest BCUT2D eigenvalue weighted by Crippen LogP contribution is -2.20. The van der Waals surface area contributed by atoms with Gasteiger partial charge >= 0.3 is 6.18 Å². The van der Waals surface area contributed by atoms with Crippen molar-refractivity contribution in [1.82, 2.24) is 5.32 Å². The maximum Gasteiger partial charge on any atom is 0.416 e. The van der Waals surface area contributed by atoms with Crippen molar-refractivity contribution in [3.8, 4) is 0 Å². The van der Waals surface area contributed by atoms with Crippen LogP contribution in [-0.2, 0) is 12.5 Å². The third-order valence-corrected chi connectivity index (χ3v) is 3.90. The highest BCUT2D eigenvalue weighted by molar-refractivity contribution is 5.86. The molecule has 0 spiro atoms. The molecule has 4 heteroatoms. The van der Waals surface area contributed by atoms with E-state index in [-0.39, 0.29) is 0 Å². The van der Waals surface area contributed by atoms with Crippen LogP contribution < -0.4 is 5.32 Å². The molecule has 1 atom stereocenters. The van der Waals surface area contributed by atoms with Gasteiger partial charge in [0, 0.05) is 14.2 Å². The molecule has 0 saturated carbocycles. The van der Waals surface area contributed by atoms with Gasteiger partial charge < -0.3 is 5.32 Å². The van der Waals surface area contributed by atoms with Gasteiger partial charge in [-0.05, 0) is 54.1 Å². The molecule has 0 radical (unpaired) electrons. The summed E-state index contributed by atoms with van der Waals surface area (Å²) in [4.78, 5) is 0. The summed E-state index contributed by atoms with van der Waals surface area (Å²) in [7, 11) is 0. The second kappa shape index (κ2) is 7.92. The third kappa shape index (κ3) is 4.44. The van der Waals surface area contributed by atoms with Crippen LogP contribution in [0.1, 0.15) is 45.6 Å². The minimum absolute atomic E-state index is 0.333. The molecule has 3 aromatic carbocycles. The van der Waals surface area contributed by atoms with Crippen LogP contribution >= 0.6 is 0 Å². The Balaban J connectivity index is 2.01. The Morgan fingerprint density at radius 3 is 2.58 bits per heavy atom. The molecule has 3 rings (SSSR count). The number of fused-ring (bicyclic) bond motifs is 1. The molecule has 3 aromatic rings. The lowest BCUT2D eigenvalue weighted by Gasteiger charge is -2.17. The van der Waals surface area contributed by atoms with Crippen molar-refractivity contribution in [2.24, 2.45) is 0 Å². The van der Waals surface area contributed by atoms with E-state index < -0.39 is 42.6 Å². The van der Waals surface area contributed by atoms with Gasteiger partial charge in [-0.3, -0.25) is 0 Å². The molecule has 0 aliphatic rings. The average molecular weight is 364 g/mol. The van der Waals surface area contributed by atoms with E-state index in [0.717, 1.165) is 23.6 Å². The number of hydrogen-bond donors (Lipinski definition) is 1. The Bertz CT molecular complexity index is 1150. The number of alkyl halides is 3. The fourth-order valence-electron chi connectivity index (χ4n) is 2.62. The fourth-order valence-corrected chi connectivity index (χ4v) is 2.62. The van der Waals surface area contributed by atoms with Crippen molar-refractivity contribution in [2.75, 3.05) is 6.50 Å². The summed E-state index contributed by atoms with van der Waals surface area (Å²) in [5.74, 6) is 0. The average Bonchev–Trinajstić information content (AvgIpc) is 2.71. The van der Waals surface area contributed by atoms with Gasteiger partial charge in [0.15, 0.2) is 0 Å². The highest BCUT2D eigenvalue weighted by Crippen LogP contribution is 2.29. The SMILES string of the molecule is [2H]C(C)(NC([2H])([2H])C([2H])([2H])C([2H])([2H])c1cccc(C(F)(F)F)c1)c1cccc2ccccc12. The molecule has 1 unspecified atom stereocenters. The van der Waals surface area contributed by atoms with E-state index in [1.54, 1.807) is 42.5 Å². The lowest BCUT2D eigenvalue weighted by molar-refractivity contribution is -0.137. The van der Waals surface area contributed by atoms with Crippen LogP contribution in [0.25, 0.3) is 10.8 Å². The second-order valence-electron chi connectivity index (χ2n) is 5.73. The first-order chi connectivity index (χ1) is 15.0. The van der Waals surface area contributed by atoms with Crippen LogP contribution in [0.4, 0.5) is 13.2 Å². The minimum Gasteiger partial charge on any atom is -0.310 e. The molecule has 0 amide bonds. The van der Waals surface area contributed by atoms with E-state index in [0.29, 0.717) is 17.0 Å². The Kier molecular flexibility index (Phi) is 3.47. The van der Waals surface area contributed by atoms with Crippen molar-refractivity contribution in [3.05, 3.63) is 83.4 Å². The predicted octanol–water partition coefficient (Wildman–Crippen LogP) is 6.14. The summed E-state index contributed by atoms with van der Waals surface area (Å²) in [5, 5.41) is 3.67. The summed E-state index contributed by atoms with van der Waals surface area (Å²) in [6, 6.07) is 13.3. The molecule has 0 bridgehead atoms. The standard InChI is InChI=1S/C22H22F3N/c1-16(20-13-5-10-18-9-2-3-12-21(18)20)26-14-6-8-17-7-4-11-19(15-17)22(23,24)25/h2-5,7,9-13,15-16,26H,6,8,14H2,1H3/i6D2,8D2,14D2,16D. The van der Waals surface area contributed by atoms with Crippen molar-refractivity contribution < 1.29 is 22.8 Å². The molecule has 0 aliphatic carbocycles. The topological polar surface area (TPSA) is 12.0 Å². The first-order valence-corrected chi connectivity index (χ1v) is 7.96. The van der Waals surface area contributed by atoms with Gasteiger partial charge in [-0.15, -0.1) is 0 Å². The van der Waals surface area contributed by atoms with Crippen LogP contribution in [0, 0.1) is 0 Å². The molecule has 1 nitrogen and oxygen atoms in total. The maximum absolute atomic E-state index is 13.1. The summed E-state index contributed by atoms with van der Waals surface area (Å²) >= 11 is 0. The number of nitrogens with one attached hydrogen (secondary N) is 1. The van der Waals surface area contributed by atoms with Gasteiger partial charge in [0.1, 0.15) is 0 Å². The Hall–Kier alpha value is -2.33. The second-order valence-corrected chi connectivity index (χ2v) is 5.73. The quantitative estimate of drug-likeness (QED) is 0.554. The van der Waals surface area contributed by atoms with Crippen LogP contribution in [0.5, 0.6) is 0 Å². The first kappa shape index (κ1) is 11.4. The van der Waals surface area contributed by atoms with Crippen molar-refractivity contribution in [2.45, 2.75) is 31.9 Å². The molecule has 136 valence electrons. The summed E-state index contributed by atoms with van der Waals surface area (Å²) < 4.78 is 97.7. The number of halogens is 3. The van der Waals surface area contributed by atoms with Gasteiger partial charge in [0.25, 0.3) is 0 Å². The summed E-state index contributed by atoms with van der Waals surface area (Å²) in [5.41, 5.74) is -1.50. The predicted molar refractivity (Wildman–Crippen MR) is 100 cm³/mol. The van der Waals surface area contributed by atoms with Crippen molar-refractivity contribution in [3.63, 3.8) is 0 Å². The maximum atomic E-state index is 13.1. The molecule has 1 N–H and O–H groups in total. The molecule has 0 fully saturated rings. The van der Waals surface area contributed by atoms with Gasteiger partial charge in [-0.25, -0.2) is 0 Å². The first-order valence-electron chi connectivity index (χ1n) is 11.5. The van der Waals surface area contributed by atoms with Crippen LogP contribution in [0.15, 0.2) is 66.7 Å². The Labute approximate surface area is 161 Å². The number of aryl methyl sites for hydroxylation is 1. The van der Waals surface area contributed by atoms with Gasteiger partial charge in [0.05, 0.1) is 6.93 Å². The lowest BCUT2D eigenvalue weighted by atomic mass is 9.99. The van der Waals surface area contributed by atoms with Gasteiger partial charge in [-0.1, -0.05) is 60.7 Å². The number of benzene rings is 3. The van der Waals surface area contributed by atoms with E-state index in [1.807, 2.05) is 0 Å². The van der Waals surface area contributed by atoms with E-state index in [4.69, 9.17) is 9.60 Å². The molecular formula is C22H22F3N.